The van der Waals surface area contributed by atoms with Crippen LogP contribution in [0.3, 0.4) is 0 Å². The third kappa shape index (κ3) is 2.12. The van der Waals surface area contributed by atoms with Crippen molar-refractivity contribution in [1.29, 1.82) is 0 Å². The first-order valence-electron chi connectivity index (χ1n) is 5.63. The maximum atomic E-state index is 6.01. The molecule has 1 saturated carbocycles. The number of anilines is 1. The van der Waals surface area contributed by atoms with Gasteiger partial charge in [0.05, 0.1) is 0 Å². The molecule has 1 aromatic heterocycles. The molecule has 3 nitrogen and oxygen atoms in total. The summed E-state index contributed by atoms with van der Waals surface area (Å²) in [7, 11) is 0. The summed E-state index contributed by atoms with van der Waals surface area (Å²) in [6.45, 7) is 2.24. The topological polar surface area (TPSA) is 64.9 Å². The minimum atomic E-state index is 0.368. The van der Waals surface area contributed by atoms with Crippen LogP contribution in [0.4, 0.5) is 5.82 Å². The first kappa shape index (κ1) is 10.4. The van der Waals surface area contributed by atoms with Gasteiger partial charge in [-0.1, -0.05) is 13.0 Å². The molecule has 1 fully saturated rings. The van der Waals surface area contributed by atoms with Crippen LogP contribution in [0, 0.1) is 11.8 Å². The second-order valence-electron chi connectivity index (χ2n) is 4.61. The van der Waals surface area contributed by atoms with E-state index in [1.807, 2.05) is 6.07 Å². The molecule has 0 saturated heterocycles. The minimum absolute atomic E-state index is 0.368. The maximum Gasteiger partial charge on any atom is 0.126 e. The van der Waals surface area contributed by atoms with Crippen molar-refractivity contribution in [3.63, 3.8) is 0 Å². The lowest BCUT2D eigenvalue weighted by molar-refractivity contribution is 0.390. The van der Waals surface area contributed by atoms with Crippen molar-refractivity contribution in [2.45, 2.75) is 32.2 Å². The fourth-order valence-corrected chi connectivity index (χ4v) is 2.48. The van der Waals surface area contributed by atoms with Crippen LogP contribution in [-0.4, -0.2) is 11.0 Å². The zero-order valence-corrected chi connectivity index (χ0v) is 9.19. The molecular weight excluding hydrogens is 186 g/mol. The van der Waals surface area contributed by atoms with Crippen LogP contribution in [-0.2, 0) is 6.42 Å². The van der Waals surface area contributed by atoms with Crippen LogP contribution >= 0.6 is 0 Å². The number of aromatic nitrogens is 1. The van der Waals surface area contributed by atoms with Gasteiger partial charge in [0.25, 0.3) is 0 Å². The van der Waals surface area contributed by atoms with E-state index < -0.39 is 0 Å². The molecule has 3 unspecified atom stereocenters. The lowest BCUT2D eigenvalue weighted by Gasteiger charge is -2.18. The van der Waals surface area contributed by atoms with Crippen molar-refractivity contribution in [3.8, 4) is 0 Å². The summed E-state index contributed by atoms with van der Waals surface area (Å²) in [5.41, 5.74) is 13.0. The molecule has 0 bridgehead atoms. The third-order valence-electron chi connectivity index (χ3n) is 3.70. The van der Waals surface area contributed by atoms with Crippen molar-refractivity contribution in [3.05, 3.63) is 23.9 Å². The van der Waals surface area contributed by atoms with E-state index in [2.05, 4.69) is 18.0 Å². The van der Waals surface area contributed by atoms with E-state index in [-0.39, 0.29) is 0 Å². The molecule has 1 aliphatic carbocycles. The fourth-order valence-electron chi connectivity index (χ4n) is 2.48. The molecule has 82 valence electrons. The van der Waals surface area contributed by atoms with Crippen LogP contribution in [0.5, 0.6) is 0 Å². The van der Waals surface area contributed by atoms with Crippen LogP contribution in [0.15, 0.2) is 18.3 Å². The number of hydrogen-bond acceptors (Lipinski definition) is 3. The Hall–Kier alpha value is -1.09. The molecule has 0 amide bonds. The molecule has 0 spiro atoms. The Bertz CT molecular complexity index is 337. The number of pyridine rings is 1. The first-order valence-corrected chi connectivity index (χ1v) is 5.63. The van der Waals surface area contributed by atoms with E-state index >= 15 is 0 Å². The highest BCUT2D eigenvalue weighted by atomic mass is 14.8. The molecule has 1 aromatic rings. The molecule has 1 aliphatic rings. The van der Waals surface area contributed by atoms with Crippen molar-refractivity contribution in [2.75, 3.05) is 5.73 Å². The average Bonchev–Trinajstić information content (AvgIpc) is 2.53. The summed E-state index contributed by atoms with van der Waals surface area (Å²) >= 11 is 0. The summed E-state index contributed by atoms with van der Waals surface area (Å²) in [6.07, 6.45) is 5.12. The standard InChI is InChI=1S/C12H19N3/c1-8-9(4-5-11(8)13)7-10-3-2-6-15-12(10)14/h2-3,6,8-9,11H,4-5,7,13H2,1H3,(H2,14,15). The van der Waals surface area contributed by atoms with Gasteiger partial charge >= 0.3 is 0 Å². The smallest absolute Gasteiger partial charge is 0.126 e. The Balaban J connectivity index is 2.07. The second-order valence-corrected chi connectivity index (χ2v) is 4.61. The largest absolute Gasteiger partial charge is 0.383 e. The van der Waals surface area contributed by atoms with Gasteiger partial charge in [-0.3, -0.25) is 0 Å². The molecule has 2 rings (SSSR count). The Labute approximate surface area is 90.9 Å². The lowest BCUT2D eigenvalue weighted by Crippen LogP contribution is -2.25. The van der Waals surface area contributed by atoms with Crippen molar-refractivity contribution < 1.29 is 0 Å². The highest BCUT2D eigenvalue weighted by molar-refractivity contribution is 5.38. The summed E-state index contributed by atoms with van der Waals surface area (Å²) in [4.78, 5) is 4.11. The number of nitrogens with zero attached hydrogens (tertiary/aromatic N) is 1. The van der Waals surface area contributed by atoms with Crippen LogP contribution in [0.1, 0.15) is 25.3 Å². The maximum absolute atomic E-state index is 6.01. The SMILES string of the molecule is CC1C(N)CCC1Cc1cccnc1N. The zero-order chi connectivity index (χ0) is 10.8. The highest BCUT2D eigenvalue weighted by Gasteiger charge is 2.30. The fraction of sp³-hybridized carbons (Fsp3) is 0.583. The molecule has 0 aliphatic heterocycles. The average molecular weight is 205 g/mol. The van der Waals surface area contributed by atoms with Gasteiger partial charge in [-0.05, 0) is 42.7 Å². The van der Waals surface area contributed by atoms with Gasteiger partial charge < -0.3 is 11.5 Å². The highest BCUT2D eigenvalue weighted by Crippen LogP contribution is 2.33. The quantitative estimate of drug-likeness (QED) is 0.770. The monoisotopic (exact) mass is 205 g/mol. The molecule has 4 N–H and O–H groups in total. The summed E-state index contributed by atoms with van der Waals surface area (Å²) in [6, 6.07) is 4.39. The molecule has 1 heterocycles. The molecule has 0 aromatic carbocycles. The zero-order valence-electron chi connectivity index (χ0n) is 9.19. The lowest BCUT2D eigenvalue weighted by atomic mass is 9.90. The van der Waals surface area contributed by atoms with E-state index in [0.717, 1.165) is 12.8 Å². The van der Waals surface area contributed by atoms with Gasteiger partial charge in [0.1, 0.15) is 5.82 Å². The predicted octanol–water partition coefficient (Wildman–Crippen LogP) is 1.58. The Kier molecular flexibility index (Phi) is 2.91. The van der Waals surface area contributed by atoms with Gasteiger partial charge in [0.2, 0.25) is 0 Å². The van der Waals surface area contributed by atoms with Gasteiger partial charge in [-0.15, -0.1) is 0 Å². The van der Waals surface area contributed by atoms with E-state index in [0.29, 0.717) is 23.7 Å². The van der Waals surface area contributed by atoms with Crippen LogP contribution in [0.2, 0.25) is 0 Å². The summed E-state index contributed by atoms with van der Waals surface area (Å²) in [5, 5.41) is 0. The second kappa shape index (κ2) is 4.19. The van der Waals surface area contributed by atoms with Crippen molar-refractivity contribution in [2.24, 2.45) is 17.6 Å². The third-order valence-corrected chi connectivity index (χ3v) is 3.70. The molecule has 0 radical (unpaired) electrons. The van der Waals surface area contributed by atoms with Gasteiger partial charge in [-0.2, -0.15) is 0 Å². The summed E-state index contributed by atoms with van der Waals surface area (Å²) < 4.78 is 0. The molecule has 3 heteroatoms. The number of nitrogen functional groups attached to an aromatic ring is 1. The van der Waals surface area contributed by atoms with Crippen molar-refractivity contribution in [1.82, 2.24) is 4.98 Å². The molecule has 15 heavy (non-hydrogen) atoms. The number of rotatable bonds is 2. The minimum Gasteiger partial charge on any atom is -0.383 e. The van der Waals surface area contributed by atoms with Gasteiger partial charge in [-0.25, -0.2) is 4.98 Å². The molecular formula is C12H19N3. The van der Waals surface area contributed by atoms with E-state index in [4.69, 9.17) is 11.5 Å². The van der Waals surface area contributed by atoms with Crippen LogP contribution in [0.25, 0.3) is 0 Å². The van der Waals surface area contributed by atoms with Gasteiger partial charge in [0.15, 0.2) is 0 Å². The number of hydrogen-bond donors (Lipinski definition) is 2. The van der Waals surface area contributed by atoms with Gasteiger partial charge in [0, 0.05) is 12.2 Å². The Morgan fingerprint density at radius 1 is 1.47 bits per heavy atom. The molecule has 3 atom stereocenters. The van der Waals surface area contributed by atoms with E-state index in [1.54, 1.807) is 6.20 Å². The van der Waals surface area contributed by atoms with E-state index in [1.165, 1.54) is 12.0 Å². The predicted molar refractivity (Wildman–Crippen MR) is 62.2 cm³/mol. The normalized spacial score (nSPS) is 30.7. The van der Waals surface area contributed by atoms with Crippen LogP contribution < -0.4 is 11.5 Å². The summed E-state index contributed by atoms with van der Waals surface area (Å²) in [5.74, 6) is 1.95. The Morgan fingerprint density at radius 2 is 2.27 bits per heavy atom. The first-order chi connectivity index (χ1) is 7.18. The van der Waals surface area contributed by atoms with E-state index in [9.17, 15) is 0 Å². The number of nitrogens with two attached hydrogens (primary N) is 2. The van der Waals surface area contributed by atoms with Crippen molar-refractivity contribution >= 4 is 5.82 Å². The Morgan fingerprint density at radius 3 is 2.87 bits per heavy atom.